The smallest absolute Gasteiger partial charge is 0.331 e. The van der Waals surface area contributed by atoms with Crippen LogP contribution in [0.1, 0.15) is 181 Å². The van der Waals surface area contributed by atoms with Gasteiger partial charge in [0.1, 0.15) is 31.0 Å². The summed E-state index contributed by atoms with van der Waals surface area (Å²) in [5.41, 5.74) is 0. The lowest BCUT2D eigenvalue weighted by atomic mass is 9.99. The molecule has 0 aliphatic carbocycles. The van der Waals surface area contributed by atoms with Gasteiger partial charge in [-0.2, -0.15) is 0 Å². The van der Waals surface area contributed by atoms with E-state index in [0.29, 0.717) is 6.42 Å². The number of aliphatic hydroxyl groups excluding tert-OH is 4. The molecule has 0 radical (unpaired) electrons. The summed E-state index contributed by atoms with van der Waals surface area (Å²) in [5.74, 6) is -1.06. The normalized spacial score (nSPS) is 20.9. The molecule has 10 nitrogen and oxygen atoms in total. The molecule has 0 spiro atoms. The SMILES string of the molecule is CCCCCC/C=C/CCCCCCCCCC(=O)OC[C@@H](CO[C@H]1O[C@@H](CO)[C@@H](O)C(O)C1O)OC(=O)/C=C/C=C/CCCCCCCCCCCCC. The van der Waals surface area contributed by atoms with Gasteiger partial charge in [-0.05, 0) is 44.9 Å². The van der Waals surface area contributed by atoms with Crippen LogP contribution in [0.5, 0.6) is 0 Å². The van der Waals surface area contributed by atoms with Crippen molar-refractivity contribution >= 4 is 11.9 Å². The first kappa shape index (κ1) is 50.9. The summed E-state index contributed by atoms with van der Waals surface area (Å²) in [6.07, 6.45) is 33.5. The molecule has 55 heavy (non-hydrogen) atoms. The van der Waals surface area contributed by atoms with E-state index in [2.05, 4.69) is 26.0 Å². The van der Waals surface area contributed by atoms with E-state index in [1.807, 2.05) is 12.2 Å². The lowest BCUT2D eigenvalue weighted by Gasteiger charge is -2.39. The highest BCUT2D eigenvalue weighted by Crippen LogP contribution is 2.22. The second-order valence-corrected chi connectivity index (χ2v) is 15.2. The quantitative estimate of drug-likeness (QED) is 0.0159. The van der Waals surface area contributed by atoms with E-state index in [0.717, 1.165) is 38.5 Å². The Morgan fingerprint density at radius 1 is 0.600 bits per heavy atom. The third kappa shape index (κ3) is 28.0. The molecule has 320 valence electrons. The molecule has 4 N–H and O–H groups in total. The summed E-state index contributed by atoms with van der Waals surface area (Å²) >= 11 is 0. The van der Waals surface area contributed by atoms with Gasteiger partial charge >= 0.3 is 11.9 Å². The number of carbonyl (C=O) groups is 2. The topological polar surface area (TPSA) is 152 Å². The van der Waals surface area contributed by atoms with Gasteiger partial charge in [-0.25, -0.2) is 4.79 Å². The number of unbranched alkanes of at least 4 members (excludes halogenated alkanes) is 22. The Morgan fingerprint density at radius 3 is 1.64 bits per heavy atom. The minimum absolute atomic E-state index is 0.251. The number of rotatable bonds is 36. The molecule has 1 fully saturated rings. The highest BCUT2D eigenvalue weighted by atomic mass is 16.7. The van der Waals surface area contributed by atoms with E-state index < -0.39 is 55.4 Å². The van der Waals surface area contributed by atoms with Gasteiger partial charge in [0.15, 0.2) is 12.4 Å². The fourth-order valence-corrected chi connectivity index (χ4v) is 6.56. The van der Waals surface area contributed by atoms with Crippen molar-refractivity contribution in [1.82, 2.24) is 0 Å². The van der Waals surface area contributed by atoms with Gasteiger partial charge < -0.3 is 39.4 Å². The summed E-state index contributed by atoms with van der Waals surface area (Å²) in [7, 11) is 0. The summed E-state index contributed by atoms with van der Waals surface area (Å²) in [5, 5.41) is 40.0. The fraction of sp³-hybridized carbons (Fsp3) is 0.822. The van der Waals surface area contributed by atoms with Gasteiger partial charge in [0.2, 0.25) is 0 Å². The average molecular weight is 781 g/mol. The minimum atomic E-state index is -1.61. The molecule has 0 saturated carbocycles. The Morgan fingerprint density at radius 2 is 1.09 bits per heavy atom. The van der Waals surface area contributed by atoms with Crippen LogP contribution in [-0.2, 0) is 28.5 Å². The summed E-state index contributed by atoms with van der Waals surface area (Å²) in [4.78, 5) is 25.2. The molecule has 1 aliphatic heterocycles. The van der Waals surface area contributed by atoms with Crippen LogP contribution in [0.15, 0.2) is 36.5 Å². The summed E-state index contributed by atoms with van der Waals surface area (Å²) in [6.45, 7) is 3.29. The maximum Gasteiger partial charge on any atom is 0.331 e. The Bertz CT molecular complexity index is 996. The Labute approximate surface area is 334 Å². The van der Waals surface area contributed by atoms with E-state index in [-0.39, 0.29) is 19.6 Å². The molecular weight excluding hydrogens is 700 g/mol. The van der Waals surface area contributed by atoms with Crippen LogP contribution in [0, 0.1) is 0 Å². The maximum atomic E-state index is 12.6. The van der Waals surface area contributed by atoms with E-state index in [1.54, 1.807) is 6.08 Å². The fourth-order valence-electron chi connectivity index (χ4n) is 6.56. The highest BCUT2D eigenvalue weighted by molar-refractivity contribution is 5.82. The predicted octanol–water partition coefficient (Wildman–Crippen LogP) is 9.11. The van der Waals surface area contributed by atoms with Crippen LogP contribution >= 0.6 is 0 Å². The summed E-state index contributed by atoms with van der Waals surface area (Å²) in [6, 6.07) is 0. The monoisotopic (exact) mass is 781 g/mol. The van der Waals surface area contributed by atoms with Crippen LogP contribution < -0.4 is 0 Å². The number of allylic oxidation sites excluding steroid dienone is 5. The first-order chi connectivity index (χ1) is 26.8. The molecule has 0 aromatic heterocycles. The molecule has 1 saturated heterocycles. The molecule has 0 bridgehead atoms. The average Bonchev–Trinajstić information content (AvgIpc) is 3.18. The third-order valence-electron chi connectivity index (χ3n) is 10.1. The van der Waals surface area contributed by atoms with Gasteiger partial charge in [-0.1, -0.05) is 160 Å². The van der Waals surface area contributed by atoms with Crippen LogP contribution in [-0.4, -0.2) is 89.0 Å². The van der Waals surface area contributed by atoms with Crippen molar-refractivity contribution < 1.29 is 49.0 Å². The number of aliphatic hydroxyl groups is 4. The zero-order chi connectivity index (χ0) is 40.2. The lowest BCUT2D eigenvalue weighted by Crippen LogP contribution is -2.59. The molecule has 1 aliphatic rings. The maximum absolute atomic E-state index is 12.6. The molecule has 10 heteroatoms. The minimum Gasteiger partial charge on any atom is -0.462 e. The molecule has 0 amide bonds. The van der Waals surface area contributed by atoms with E-state index in [9.17, 15) is 30.0 Å². The lowest BCUT2D eigenvalue weighted by molar-refractivity contribution is -0.305. The van der Waals surface area contributed by atoms with E-state index in [4.69, 9.17) is 18.9 Å². The summed E-state index contributed by atoms with van der Waals surface area (Å²) < 4.78 is 21.9. The van der Waals surface area contributed by atoms with Crippen molar-refractivity contribution in [3.63, 3.8) is 0 Å². The zero-order valence-electron chi connectivity index (χ0n) is 34.7. The van der Waals surface area contributed by atoms with Gasteiger partial charge in [0, 0.05) is 12.5 Å². The van der Waals surface area contributed by atoms with Gasteiger partial charge in [0.25, 0.3) is 0 Å². The number of hydrogen-bond donors (Lipinski definition) is 4. The van der Waals surface area contributed by atoms with Crippen LogP contribution in [0.4, 0.5) is 0 Å². The van der Waals surface area contributed by atoms with Crippen molar-refractivity contribution in [1.29, 1.82) is 0 Å². The van der Waals surface area contributed by atoms with Crippen molar-refractivity contribution in [3.05, 3.63) is 36.5 Å². The largest absolute Gasteiger partial charge is 0.462 e. The first-order valence-electron chi connectivity index (χ1n) is 22.1. The molecule has 0 aromatic rings. The molecular formula is C45H80O10. The first-order valence-corrected chi connectivity index (χ1v) is 22.1. The molecule has 2 unspecified atom stereocenters. The third-order valence-corrected chi connectivity index (χ3v) is 10.1. The zero-order valence-corrected chi connectivity index (χ0v) is 34.7. The van der Waals surface area contributed by atoms with Gasteiger partial charge in [-0.15, -0.1) is 0 Å². The van der Waals surface area contributed by atoms with E-state index >= 15 is 0 Å². The number of esters is 2. The van der Waals surface area contributed by atoms with Crippen molar-refractivity contribution in [3.8, 4) is 0 Å². The van der Waals surface area contributed by atoms with Crippen LogP contribution in [0.25, 0.3) is 0 Å². The standard InChI is InChI=1S/C45H80O10/c1-3-5-7-9-11-13-15-17-19-21-23-25-27-29-31-33-40(47)52-36-38(37-53-45-44(51)43(50)42(49)39(35-46)55-45)54-41(48)34-32-30-28-26-24-22-20-18-16-14-12-10-8-6-4-2/h13,15,28,30,32,34,38-39,42-46,49-51H,3-12,14,16-27,29,31,33,35-37H2,1-2H3/b15-13+,30-28+,34-32+/t38-,39-,42+,43?,44?,45-/m0/s1. The number of hydrogen-bond acceptors (Lipinski definition) is 10. The van der Waals surface area contributed by atoms with Crippen molar-refractivity contribution in [2.45, 2.75) is 218 Å². The van der Waals surface area contributed by atoms with Crippen LogP contribution in [0.3, 0.4) is 0 Å². The number of carbonyl (C=O) groups excluding carboxylic acids is 2. The molecule has 0 aromatic carbocycles. The van der Waals surface area contributed by atoms with E-state index in [1.165, 1.54) is 122 Å². The van der Waals surface area contributed by atoms with Crippen molar-refractivity contribution in [2.75, 3.05) is 19.8 Å². The Hall–Kier alpha value is -2.08. The predicted molar refractivity (Wildman–Crippen MR) is 219 cm³/mol. The van der Waals surface area contributed by atoms with Crippen LogP contribution in [0.2, 0.25) is 0 Å². The van der Waals surface area contributed by atoms with Gasteiger partial charge in [0.05, 0.1) is 13.2 Å². The Kier molecular flexibility index (Phi) is 33.6. The Balaban J connectivity index is 2.39. The number of ether oxygens (including phenoxy) is 4. The van der Waals surface area contributed by atoms with Gasteiger partial charge in [-0.3, -0.25) is 4.79 Å². The second kappa shape index (κ2) is 36.3. The molecule has 1 rings (SSSR count). The highest BCUT2D eigenvalue weighted by Gasteiger charge is 2.44. The molecule has 1 heterocycles. The molecule has 6 atom stereocenters. The second-order valence-electron chi connectivity index (χ2n) is 15.2. The van der Waals surface area contributed by atoms with Crippen molar-refractivity contribution in [2.24, 2.45) is 0 Å².